The highest BCUT2D eigenvalue weighted by molar-refractivity contribution is 5.90. The normalized spacial score (nSPS) is 13.6. The van der Waals surface area contributed by atoms with Gasteiger partial charge in [0.05, 0.1) is 6.54 Å². The first-order valence-corrected chi connectivity index (χ1v) is 6.95. The van der Waals surface area contributed by atoms with E-state index in [-0.39, 0.29) is 18.3 Å². The maximum absolute atomic E-state index is 12.3. The number of anilines is 1. The van der Waals surface area contributed by atoms with Gasteiger partial charge < -0.3 is 15.3 Å². The second-order valence-electron chi connectivity index (χ2n) is 5.17. The number of nitrogens with zero attached hydrogens (tertiary/aromatic N) is 3. The number of urea groups is 1. The highest BCUT2D eigenvalue weighted by Gasteiger charge is 2.29. The van der Waals surface area contributed by atoms with Crippen molar-refractivity contribution in [1.29, 1.82) is 0 Å². The fourth-order valence-corrected chi connectivity index (χ4v) is 2.66. The Hall–Kier alpha value is -2.83. The van der Waals surface area contributed by atoms with Crippen molar-refractivity contribution in [2.24, 2.45) is 7.05 Å². The second kappa shape index (κ2) is 5.51. The Labute approximate surface area is 127 Å². The Morgan fingerprint density at radius 3 is 2.68 bits per heavy atom. The Bertz CT molecular complexity index is 724. The molecule has 1 aromatic heterocycles. The topological polar surface area (TPSA) is 87.5 Å². The first-order valence-electron chi connectivity index (χ1n) is 6.95. The van der Waals surface area contributed by atoms with Crippen molar-refractivity contribution in [3.63, 3.8) is 0 Å². The van der Waals surface area contributed by atoms with E-state index in [1.807, 2.05) is 18.2 Å². The molecule has 22 heavy (non-hydrogen) atoms. The number of carbonyl (C=O) groups is 2. The minimum absolute atomic E-state index is 0.0229. The third kappa shape index (κ3) is 2.52. The number of carboxylic acid groups (broad SMARTS) is 1. The maximum atomic E-state index is 12.3. The van der Waals surface area contributed by atoms with Crippen LogP contribution in [0.25, 0.3) is 0 Å². The number of aryl methyl sites for hydroxylation is 1. The molecule has 2 heterocycles. The molecule has 0 bridgehead atoms. The van der Waals surface area contributed by atoms with Gasteiger partial charge in [-0.2, -0.15) is 5.10 Å². The second-order valence-corrected chi connectivity index (χ2v) is 5.17. The van der Waals surface area contributed by atoms with Crippen LogP contribution in [0.3, 0.4) is 0 Å². The summed E-state index contributed by atoms with van der Waals surface area (Å²) in [5.41, 5.74) is 2.23. The van der Waals surface area contributed by atoms with Crippen LogP contribution in [0.2, 0.25) is 0 Å². The molecule has 0 aliphatic carbocycles. The number of carbonyl (C=O) groups excluding carboxylic acids is 1. The van der Waals surface area contributed by atoms with E-state index in [9.17, 15) is 14.7 Å². The zero-order chi connectivity index (χ0) is 15.7. The van der Waals surface area contributed by atoms with E-state index in [1.54, 1.807) is 28.8 Å². The third-order valence-corrected chi connectivity index (χ3v) is 3.76. The quantitative estimate of drug-likeness (QED) is 0.884. The van der Waals surface area contributed by atoms with E-state index in [4.69, 9.17) is 0 Å². The van der Waals surface area contributed by atoms with Crippen LogP contribution in [-0.4, -0.2) is 38.3 Å². The molecule has 1 aliphatic rings. The summed E-state index contributed by atoms with van der Waals surface area (Å²) in [6.07, 6.45) is 0.592. The van der Waals surface area contributed by atoms with Crippen molar-refractivity contribution in [2.75, 3.05) is 11.9 Å². The monoisotopic (exact) mass is 300 g/mol. The maximum Gasteiger partial charge on any atom is 0.356 e. The van der Waals surface area contributed by atoms with Gasteiger partial charge in [0.1, 0.15) is 0 Å². The van der Waals surface area contributed by atoms with Gasteiger partial charge in [0, 0.05) is 37.0 Å². The van der Waals surface area contributed by atoms with Gasteiger partial charge in [-0.05, 0) is 12.1 Å². The van der Waals surface area contributed by atoms with Crippen LogP contribution >= 0.6 is 0 Å². The summed E-state index contributed by atoms with van der Waals surface area (Å²) in [5, 5.41) is 16.1. The number of benzene rings is 1. The van der Waals surface area contributed by atoms with Crippen LogP contribution in [0, 0.1) is 0 Å². The summed E-state index contributed by atoms with van der Waals surface area (Å²) < 4.78 is 1.59. The van der Waals surface area contributed by atoms with Crippen molar-refractivity contribution in [1.82, 2.24) is 14.7 Å². The average molecular weight is 300 g/mol. The Balaban J connectivity index is 1.79. The van der Waals surface area contributed by atoms with E-state index in [0.717, 1.165) is 5.69 Å². The largest absolute Gasteiger partial charge is 0.476 e. The molecule has 7 nitrogen and oxygen atoms in total. The van der Waals surface area contributed by atoms with E-state index in [0.29, 0.717) is 24.2 Å². The van der Waals surface area contributed by atoms with Gasteiger partial charge in [-0.1, -0.05) is 18.2 Å². The number of aromatic nitrogens is 2. The molecule has 0 atom stereocenters. The van der Waals surface area contributed by atoms with Gasteiger partial charge in [-0.3, -0.25) is 4.68 Å². The van der Waals surface area contributed by atoms with Crippen LogP contribution in [0.15, 0.2) is 30.3 Å². The van der Waals surface area contributed by atoms with Crippen molar-refractivity contribution >= 4 is 17.7 Å². The lowest BCUT2D eigenvalue weighted by molar-refractivity contribution is 0.0687. The Morgan fingerprint density at radius 2 is 2.00 bits per heavy atom. The number of nitrogens with one attached hydrogen (secondary N) is 1. The predicted octanol–water partition coefficient (Wildman–Crippen LogP) is 1.71. The molecular formula is C15H16N4O3. The number of hydrogen-bond acceptors (Lipinski definition) is 3. The lowest BCUT2D eigenvalue weighted by atomic mass is 10.1. The molecule has 3 rings (SSSR count). The van der Waals surface area contributed by atoms with Crippen molar-refractivity contribution < 1.29 is 14.7 Å². The molecule has 0 saturated carbocycles. The summed E-state index contributed by atoms with van der Waals surface area (Å²) >= 11 is 0. The van der Waals surface area contributed by atoms with Crippen molar-refractivity contribution in [3.8, 4) is 0 Å². The first-order chi connectivity index (χ1) is 10.6. The molecule has 0 saturated heterocycles. The highest BCUT2D eigenvalue weighted by Crippen LogP contribution is 2.22. The number of rotatable bonds is 2. The molecule has 0 spiro atoms. The smallest absolute Gasteiger partial charge is 0.356 e. The van der Waals surface area contributed by atoms with Crippen LogP contribution in [0.4, 0.5) is 10.5 Å². The van der Waals surface area contributed by atoms with Gasteiger partial charge in [0.25, 0.3) is 0 Å². The summed E-state index contributed by atoms with van der Waals surface area (Å²) in [6, 6.07) is 8.93. The lowest BCUT2D eigenvalue weighted by Gasteiger charge is -2.27. The summed E-state index contributed by atoms with van der Waals surface area (Å²) in [6.45, 7) is 0.785. The van der Waals surface area contributed by atoms with Gasteiger partial charge in [0.15, 0.2) is 5.69 Å². The van der Waals surface area contributed by atoms with Gasteiger partial charge in [0.2, 0.25) is 0 Å². The van der Waals surface area contributed by atoms with Crippen LogP contribution in [-0.2, 0) is 20.0 Å². The predicted molar refractivity (Wildman–Crippen MR) is 79.7 cm³/mol. The Kier molecular flexibility index (Phi) is 3.54. The summed E-state index contributed by atoms with van der Waals surface area (Å²) in [5.74, 6) is -1.07. The molecule has 2 aromatic rings. The standard InChI is InChI=1S/C15H16N4O3/c1-18-12-7-8-19(9-11(12)13(17-18)14(20)21)15(22)16-10-5-3-2-4-6-10/h2-6H,7-9H2,1H3,(H,16,22)(H,20,21). The molecular weight excluding hydrogens is 284 g/mol. The highest BCUT2D eigenvalue weighted by atomic mass is 16.4. The number of hydrogen-bond donors (Lipinski definition) is 2. The summed E-state index contributed by atoms with van der Waals surface area (Å²) in [4.78, 5) is 25.2. The Morgan fingerprint density at radius 1 is 1.27 bits per heavy atom. The van der Waals surface area contributed by atoms with E-state index in [2.05, 4.69) is 10.4 Å². The van der Waals surface area contributed by atoms with E-state index >= 15 is 0 Å². The van der Waals surface area contributed by atoms with E-state index < -0.39 is 5.97 Å². The lowest BCUT2D eigenvalue weighted by Crippen LogP contribution is -2.39. The van der Waals surface area contributed by atoms with Crippen molar-refractivity contribution in [3.05, 3.63) is 47.3 Å². The molecule has 1 aromatic carbocycles. The van der Waals surface area contributed by atoms with Crippen LogP contribution in [0.1, 0.15) is 21.7 Å². The van der Waals surface area contributed by atoms with Crippen LogP contribution in [0.5, 0.6) is 0 Å². The van der Waals surface area contributed by atoms with E-state index in [1.165, 1.54) is 0 Å². The molecule has 0 unspecified atom stereocenters. The number of carboxylic acids is 1. The molecule has 7 heteroatoms. The molecule has 114 valence electrons. The van der Waals surface area contributed by atoms with Gasteiger partial charge in [-0.25, -0.2) is 9.59 Å². The minimum Gasteiger partial charge on any atom is -0.476 e. The minimum atomic E-state index is -1.07. The molecule has 1 aliphatic heterocycles. The van der Waals surface area contributed by atoms with Gasteiger partial charge >= 0.3 is 12.0 Å². The number of para-hydroxylation sites is 1. The van der Waals surface area contributed by atoms with Crippen molar-refractivity contribution in [2.45, 2.75) is 13.0 Å². The molecule has 2 N–H and O–H groups in total. The molecule has 0 fully saturated rings. The average Bonchev–Trinajstić information content (AvgIpc) is 2.85. The molecule has 0 radical (unpaired) electrons. The number of fused-ring (bicyclic) bond motifs is 1. The fourth-order valence-electron chi connectivity index (χ4n) is 2.66. The number of amides is 2. The third-order valence-electron chi connectivity index (χ3n) is 3.76. The summed E-state index contributed by atoms with van der Waals surface area (Å²) in [7, 11) is 1.73. The number of aromatic carboxylic acids is 1. The zero-order valence-corrected chi connectivity index (χ0v) is 12.1. The molecule has 2 amide bonds. The first kappa shape index (κ1) is 14.1. The fraction of sp³-hybridized carbons (Fsp3) is 0.267. The SMILES string of the molecule is Cn1nc(C(=O)O)c2c1CCN(C(=O)Nc1ccccc1)C2. The zero-order valence-electron chi connectivity index (χ0n) is 12.1. The van der Waals surface area contributed by atoms with Gasteiger partial charge in [-0.15, -0.1) is 0 Å². The van der Waals surface area contributed by atoms with Crippen LogP contribution < -0.4 is 5.32 Å².